The van der Waals surface area contributed by atoms with Crippen LogP contribution in [0.15, 0.2) is 12.3 Å². The highest BCUT2D eigenvalue weighted by Crippen LogP contribution is 2.16. The van der Waals surface area contributed by atoms with Crippen LogP contribution < -0.4 is 5.32 Å². The molecule has 0 aliphatic rings. The van der Waals surface area contributed by atoms with Gasteiger partial charge in [0.25, 0.3) is 0 Å². The van der Waals surface area contributed by atoms with Crippen molar-refractivity contribution >= 4 is 5.69 Å². The van der Waals surface area contributed by atoms with Crippen LogP contribution in [-0.2, 0) is 0 Å². The molecule has 0 amide bonds. The van der Waals surface area contributed by atoms with Gasteiger partial charge in [0.05, 0.1) is 11.4 Å². The van der Waals surface area contributed by atoms with Gasteiger partial charge in [-0.15, -0.1) is 0 Å². The van der Waals surface area contributed by atoms with Crippen LogP contribution in [0.3, 0.4) is 0 Å². The molecule has 0 spiro atoms. The number of hydrogen-bond donors (Lipinski definition) is 1. The fraction of sp³-hybridized carbons (Fsp3) is 0.545. The lowest BCUT2D eigenvalue weighted by Crippen LogP contribution is -2.05. The predicted molar refractivity (Wildman–Crippen MR) is 57.1 cm³/mol. The highest BCUT2D eigenvalue weighted by molar-refractivity contribution is 5.53. The summed E-state index contributed by atoms with van der Waals surface area (Å²) in [6, 6.07) is 2.04. The Morgan fingerprint density at radius 2 is 2.15 bits per heavy atom. The lowest BCUT2D eigenvalue weighted by molar-refractivity contribution is 0.832. The van der Waals surface area contributed by atoms with Gasteiger partial charge in [-0.05, 0) is 31.9 Å². The first-order valence-electron chi connectivity index (χ1n) is 4.91. The number of nitrogens with one attached hydrogen (secondary N) is 1. The summed E-state index contributed by atoms with van der Waals surface area (Å²) in [6.07, 6.45) is 4.30. The summed E-state index contributed by atoms with van der Waals surface area (Å²) in [7, 11) is 0. The van der Waals surface area contributed by atoms with Crippen molar-refractivity contribution in [2.45, 2.75) is 33.6 Å². The van der Waals surface area contributed by atoms with Crippen LogP contribution in [0.5, 0.6) is 0 Å². The van der Waals surface area contributed by atoms with E-state index in [9.17, 15) is 0 Å². The lowest BCUT2D eigenvalue weighted by Gasteiger charge is -2.10. The standard InChI is InChI=1S/C11H18N2/c1-4-5-7-13-11-9(2)6-8-12-10(11)3/h6,8,13H,4-5,7H2,1-3H3. The van der Waals surface area contributed by atoms with E-state index in [1.165, 1.54) is 24.1 Å². The summed E-state index contributed by atoms with van der Waals surface area (Å²) >= 11 is 0. The van der Waals surface area contributed by atoms with Crippen molar-refractivity contribution in [2.75, 3.05) is 11.9 Å². The van der Waals surface area contributed by atoms with E-state index in [0.717, 1.165) is 12.2 Å². The van der Waals surface area contributed by atoms with Gasteiger partial charge in [-0.1, -0.05) is 13.3 Å². The average Bonchev–Trinajstić information content (AvgIpc) is 2.10. The predicted octanol–water partition coefficient (Wildman–Crippen LogP) is 2.91. The fourth-order valence-electron chi connectivity index (χ4n) is 1.35. The van der Waals surface area contributed by atoms with E-state index in [0.29, 0.717) is 0 Å². The van der Waals surface area contributed by atoms with Gasteiger partial charge in [-0.2, -0.15) is 0 Å². The molecule has 0 saturated carbocycles. The van der Waals surface area contributed by atoms with Crippen LogP contribution in [0.25, 0.3) is 0 Å². The Hall–Kier alpha value is -1.05. The SMILES string of the molecule is CCCCNc1c(C)ccnc1C. The molecule has 1 heterocycles. The number of rotatable bonds is 4. The Morgan fingerprint density at radius 3 is 2.77 bits per heavy atom. The minimum atomic E-state index is 1.05. The maximum Gasteiger partial charge on any atom is 0.0606 e. The second kappa shape index (κ2) is 4.85. The van der Waals surface area contributed by atoms with Crippen molar-refractivity contribution in [2.24, 2.45) is 0 Å². The molecule has 0 radical (unpaired) electrons. The smallest absolute Gasteiger partial charge is 0.0606 e. The van der Waals surface area contributed by atoms with Crippen LogP contribution in [0.1, 0.15) is 31.0 Å². The molecular formula is C11H18N2. The number of unbranched alkanes of at least 4 members (excludes halogenated alkanes) is 1. The van der Waals surface area contributed by atoms with Crippen molar-refractivity contribution in [3.8, 4) is 0 Å². The van der Waals surface area contributed by atoms with E-state index < -0.39 is 0 Å². The highest BCUT2D eigenvalue weighted by atomic mass is 14.9. The summed E-state index contributed by atoms with van der Waals surface area (Å²) in [5.41, 5.74) is 3.58. The summed E-state index contributed by atoms with van der Waals surface area (Å²) < 4.78 is 0. The number of anilines is 1. The zero-order valence-corrected chi connectivity index (χ0v) is 8.72. The Morgan fingerprint density at radius 1 is 1.38 bits per heavy atom. The highest BCUT2D eigenvalue weighted by Gasteiger charge is 2.00. The van der Waals surface area contributed by atoms with E-state index in [-0.39, 0.29) is 0 Å². The van der Waals surface area contributed by atoms with Crippen molar-refractivity contribution in [3.05, 3.63) is 23.5 Å². The van der Waals surface area contributed by atoms with Gasteiger partial charge >= 0.3 is 0 Å². The normalized spacial score (nSPS) is 10.1. The average molecular weight is 178 g/mol. The Balaban J connectivity index is 2.64. The topological polar surface area (TPSA) is 24.9 Å². The Bertz CT molecular complexity index is 249. The third-order valence-electron chi connectivity index (χ3n) is 2.18. The molecule has 0 unspecified atom stereocenters. The first-order chi connectivity index (χ1) is 6.25. The zero-order chi connectivity index (χ0) is 9.68. The zero-order valence-electron chi connectivity index (χ0n) is 8.72. The van der Waals surface area contributed by atoms with E-state index in [1.807, 2.05) is 19.2 Å². The Kier molecular flexibility index (Phi) is 3.74. The molecule has 0 aromatic carbocycles. The van der Waals surface area contributed by atoms with Crippen LogP contribution in [0, 0.1) is 13.8 Å². The van der Waals surface area contributed by atoms with Crippen molar-refractivity contribution < 1.29 is 0 Å². The number of pyridine rings is 1. The molecule has 0 fully saturated rings. The monoisotopic (exact) mass is 178 g/mol. The van der Waals surface area contributed by atoms with Gasteiger partial charge in [-0.25, -0.2) is 0 Å². The molecule has 0 aliphatic heterocycles. The largest absolute Gasteiger partial charge is 0.383 e. The van der Waals surface area contributed by atoms with E-state index in [2.05, 4.69) is 24.1 Å². The van der Waals surface area contributed by atoms with E-state index >= 15 is 0 Å². The molecule has 1 aromatic rings. The van der Waals surface area contributed by atoms with Gasteiger partial charge < -0.3 is 5.32 Å². The van der Waals surface area contributed by atoms with E-state index in [4.69, 9.17) is 0 Å². The molecule has 13 heavy (non-hydrogen) atoms. The third kappa shape index (κ3) is 2.72. The molecule has 1 N–H and O–H groups in total. The van der Waals surface area contributed by atoms with Gasteiger partial charge in [0.15, 0.2) is 0 Å². The quantitative estimate of drug-likeness (QED) is 0.717. The van der Waals surface area contributed by atoms with Gasteiger partial charge in [-0.3, -0.25) is 4.98 Å². The molecule has 0 bridgehead atoms. The maximum atomic E-state index is 4.26. The molecule has 1 rings (SSSR count). The van der Waals surface area contributed by atoms with Crippen LogP contribution in [0.4, 0.5) is 5.69 Å². The molecule has 0 atom stereocenters. The first-order valence-corrected chi connectivity index (χ1v) is 4.91. The molecule has 0 saturated heterocycles. The van der Waals surface area contributed by atoms with Crippen molar-refractivity contribution in [1.82, 2.24) is 4.98 Å². The van der Waals surface area contributed by atoms with Crippen molar-refractivity contribution in [3.63, 3.8) is 0 Å². The van der Waals surface area contributed by atoms with Gasteiger partial charge in [0.2, 0.25) is 0 Å². The van der Waals surface area contributed by atoms with Gasteiger partial charge in [0.1, 0.15) is 0 Å². The summed E-state index contributed by atoms with van der Waals surface area (Å²) in [4.78, 5) is 4.26. The number of nitrogens with zero attached hydrogens (tertiary/aromatic N) is 1. The summed E-state index contributed by atoms with van der Waals surface area (Å²) in [5.74, 6) is 0. The maximum absolute atomic E-state index is 4.26. The molecule has 2 nitrogen and oxygen atoms in total. The fourth-order valence-corrected chi connectivity index (χ4v) is 1.35. The number of aromatic nitrogens is 1. The third-order valence-corrected chi connectivity index (χ3v) is 2.18. The number of aryl methyl sites for hydroxylation is 2. The number of hydrogen-bond acceptors (Lipinski definition) is 2. The molecular weight excluding hydrogens is 160 g/mol. The van der Waals surface area contributed by atoms with Crippen LogP contribution in [0.2, 0.25) is 0 Å². The van der Waals surface area contributed by atoms with Crippen LogP contribution >= 0.6 is 0 Å². The lowest BCUT2D eigenvalue weighted by atomic mass is 10.2. The second-order valence-corrected chi connectivity index (χ2v) is 3.37. The molecule has 2 heteroatoms. The van der Waals surface area contributed by atoms with Gasteiger partial charge in [0, 0.05) is 12.7 Å². The summed E-state index contributed by atoms with van der Waals surface area (Å²) in [5, 5.41) is 3.42. The second-order valence-electron chi connectivity index (χ2n) is 3.37. The van der Waals surface area contributed by atoms with E-state index in [1.54, 1.807) is 0 Å². The minimum Gasteiger partial charge on any atom is -0.383 e. The molecule has 0 aliphatic carbocycles. The molecule has 1 aromatic heterocycles. The van der Waals surface area contributed by atoms with Crippen molar-refractivity contribution in [1.29, 1.82) is 0 Å². The molecule has 72 valence electrons. The Labute approximate surface area is 80.4 Å². The van der Waals surface area contributed by atoms with Crippen LogP contribution in [-0.4, -0.2) is 11.5 Å². The first kappa shape index (κ1) is 10.0. The minimum absolute atomic E-state index is 1.05. The summed E-state index contributed by atoms with van der Waals surface area (Å²) in [6.45, 7) is 7.40.